The van der Waals surface area contributed by atoms with Crippen molar-refractivity contribution >= 4 is 32.8 Å². The number of thiazole rings is 1. The minimum Gasteiger partial charge on any atom is -0.323 e. The fraction of sp³-hybridized carbons (Fsp3) is 0.267. The standard InChI is InChI=1S/C15H15FN2S2/c1-8-9(2)19-15(18-8)7-12(17)14-5-10-3-4-11(16)6-13(10)20-14/h3-6,12H,7,17H2,1-2H3. The zero-order chi connectivity index (χ0) is 14.3. The molecule has 0 radical (unpaired) electrons. The van der Waals surface area contributed by atoms with E-state index in [1.165, 1.54) is 10.9 Å². The Morgan fingerprint density at radius 2 is 2.05 bits per heavy atom. The summed E-state index contributed by atoms with van der Waals surface area (Å²) in [7, 11) is 0. The Labute approximate surface area is 125 Å². The van der Waals surface area contributed by atoms with Gasteiger partial charge >= 0.3 is 0 Å². The molecular weight excluding hydrogens is 291 g/mol. The molecule has 0 saturated heterocycles. The number of hydrogen-bond acceptors (Lipinski definition) is 4. The fourth-order valence-corrected chi connectivity index (χ4v) is 4.21. The maximum Gasteiger partial charge on any atom is 0.124 e. The summed E-state index contributed by atoms with van der Waals surface area (Å²) in [6, 6.07) is 6.82. The van der Waals surface area contributed by atoms with Crippen molar-refractivity contribution < 1.29 is 4.39 Å². The van der Waals surface area contributed by atoms with E-state index in [4.69, 9.17) is 5.73 Å². The van der Waals surface area contributed by atoms with Gasteiger partial charge in [0.15, 0.2) is 0 Å². The fourth-order valence-electron chi connectivity index (χ4n) is 2.12. The molecule has 3 aromatic rings. The van der Waals surface area contributed by atoms with E-state index in [0.717, 1.165) is 32.1 Å². The second-order valence-corrected chi connectivity index (χ2v) is 7.29. The van der Waals surface area contributed by atoms with Crippen LogP contribution in [0.4, 0.5) is 4.39 Å². The maximum atomic E-state index is 13.2. The SMILES string of the molecule is Cc1nc(CC(N)c2cc3ccc(F)cc3s2)sc1C. The number of rotatable bonds is 3. The van der Waals surface area contributed by atoms with Crippen LogP contribution in [-0.2, 0) is 6.42 Å². The second-order valence-electron chi connectivity index (χ2n) is 4.89. The van der Waals surface area contributed by atoms with Crippen molar-refractivity contribution in [3.63, 3.8) is 0 Å². The largest absolute Gasteiger partial charge is 0.323 e. The highest BCUT2D eigenvalue weighted by molar-refractivity contribution is 7.19. The Bertz CT molecular complexity index is 741. The molecule has 1 unspecified atom stereocenters. The molecule has 5 heteroatoms. The smallest absolute Gasteiger partial charge is 0.124 e. The molecule has 0 saturated carbocycles. The van der Waals surface area contributed by atoms with E-state index >= 15 is 0 Å². The molecule has 0 aliphatic carbocycles. The first kappa shape index (κ1) is 13.7. The van der Waals surface area contributed by atoms with Crippen LogP contribution in [0.25, 0.3) is 10.1 Å². The van der Waals surface area contributed by atoms with Crippen LogP contribution in [0.1, 0.15) is 26.5 Å². The summed E-state index contributed by atoms with van der Waals surface area (Å²) in [4.78, 5) is 6.85. The summed E-state index contributed by atoms with van der Waals surface area (Å²) in [6.07, 6.45) is 0.731. The van der Waals surface area contributed by atoms with Crippen molar-refractivity contribution in [3.8, 4) is 0 Å². The van der Waals surface area contributed by atoms with Crippen LogP contribution in [0.2, 0.25) is 0 Å². The van der Waals surface area contributed by atoms with Crippen LogP contribution in [0.5, 0.6) is 0 Å². The molecule has 0 spiro atoms. The zero-order valence-electron chi connectivity index (χ0n) is 11.3. The minimum absolute atomic E-state index is 0.0830. The quantitative estimate of drug-likeness (QED) is 0.781. The molecule has 0 aliphatic rings. The third kappa shape index (κ3) is 2.61. The van der Waals surface area contributed by atoms with Crippen molar-refractivity contribution in [2.24, 2.45) is 5.73 Å². The number of aromatic nitrogens is 1. The van der Waals surface area contributed by atoms with Gasteiger partial charge in [0, 0.05) is 26.9 Å². The monoisotopic (exact) mass is 306 g/mol. The lowest BCUT2D eigenvalue weighted by atomic mass is 10.1. The van der Waals surface area contributed by atoms with Gasteiger partial charge < -0.3 is 5.73 Å². The number of aryl methyl sites for hydroxylation is 2. The highest BCUT2D eigenvalue weighted by Crippen LogP contribution is 2.31. The summed E-state index contributed by atoms with van der Waals surface area (Å²) in [5, 5.41) is 2.12. The molecule has 104 valence electrons. The number of halogens is 1. The number of nitrogens with two attached hydrogens (primary N) is 1. The first-order chi connectivity index (χ1) is 9.52. The van der Waals surface area contributed by atoms with Gasteiger partial charge in [-0.2, -0.15) is 0 Å². The molecule has 1 atom stereocenters. The number of benzene rings is 1. The van der Waals surface area contributed by atoms with Gasteiger partial charge in [0.25, 0.3) is 0 Å². The maximum absolute atomic E-state index is 13.2. The molecule has 2 N–H and O–H groups in total. The Hall–Kier alpha value is -1.30. The number of nitrogens with zero attached hydrogens (tertiary/aromatic N) is 1. The molecule has 2 nitrogen and oxygen atoms in total. The molecule has 0 bridgehead atoms. The Morgan fingerprint density at radius 1 is 1.25 bits per heavy atom. The number of fused-ring (bicyclic) bond motifs is 1. The number of hydrogen-bond donors (Lipinski definition) is 1. The normalized spacial score (nSPS) is 13.0. The molecule has 3 rings (SSSR count). The van der Waals surface area contributed by atoms with Crippen molar-refractivity contribution in [3.05, 3.63) is 50.5 Å². The molecule has 2 aromatic heterocycles. The first-order valence-corrected chi connectivity index (χ1v) is 8.03. The van der Waals surface area contributed by atoms with Crippen LogP contribution in [-0.4, -0.2) is 4.98 Å². The summed E-state index contributed by atoms with van der Waals surface area (Å²) in [6.45, 7) is 4.09. The zero-order valence-corrected chi connectivity index (χ0v) is 12.9. The van der Waals surface area contributed by atoms with Crippen LogP contribution < -0.4 is 5.73 Å². The highest BCUT2D eigenvalue weighted by Gasteiger charge is 2.14. The van der Waals surface area contributed by atoms with Gasteiger partial charge in [-0.05, 0) is 37.4 Å². The molecule has 20 heavy (non-hydrogen) atoms. The van der Waals surface area contributed by atoms with E-state index in [0.29, 0.717) is 0 Å². The van der Waals surface area contributed by atoms with Gasteiger partial charge in [0.05, 0.1) is 10.7 Å². The van der Waals surface area contributed by atoms with E-state index in [1.807, 2.05) is 6.92 Å². The van der Waals surface area contributed by atoms with E-state index in [1.54, 1.807) is 34.8 Å². The molecular formula is C15H15FN2S2. The van der Waals surface area contributed by atoms with Crippen molar-refractivity contribution in [2.45, 2.75) is 26.3 Å². The van der Waals surface area contributed by atoms with Gasteiger partial charge in [-0.25, -0.2) is 9.37 Å². The lowest BCUT2D eigenvalue weighted by Gasteiger charge is -2.06. The van der Waals surface area contributed by atoms with Crippen molar-refractivity contribution in [1.29, 1.82) is 0 Å². The lowest BCUT2D eigenvalue weighted by Crippen LogP contribution is -2.11. The Morgan fingerprint density at radius 3 is 2.75 bits per heavy atom. The topological polar surface area (TPSA) is 38.9 Å². The van der Waals surface area contributed by atoms with E-state index in [-0.39, 0.29) is 11.9 Å². The van der Waals surface area contributed by atoms with E-state index < -0.39 is 0 Å². The average molecular weight is 306 g/mol. The molecule has 0 aliphatic heterocycles. The van der Waals surface area contributed by atoms with Gasteiger partial charge in [-0.1, -0.05) is 6.07 Å². The van der Waals surface area contributed by atoms with Gasteiger partial charge in [-0.15, -0.1) is 22.7 Å². The third-order valence-electron chi connectivity index (χ3n) is 3.33. The predicted octanol–water partition coefficient (Wildman–Crippen LogP) is 4.36. The third-order valence-corrected chi connectivity index (χ3v) is 5.66. The van der Waals surface area contributed by atoms with Crippen LogP contribution in [0, 0.1) is 19.7 Å². The van der Waals surface area contributed by atoms with E-state index in [9.17, 15) is 4.39 Å². The molecule has 0 fully saturated rings. The van der Waals surface area contributed by atoms with Crippen LogP contribution >= 0.6 is 22.7 Å². The van der Waals surface area contributed by atoms with Crippen LogP contribution in [0.15, 0.2) is 24.3 Å². The lowest BCUT2D eigenvalue weighted by molar-refractivity contribution is 0.630. The number of thiophene rings is 1. The van der Waals surface area contributed by atoms with Gasteiger partial charge in [0.1, 0.15) is 5.82 Å². The molecule has 2 heterocycles. The second kappa shape index (κ2) is 5.24. The first-order valence-electron chi connectivity index (χ1n) is 6.40. The Kier molecular flexibility index (Phi) is 3.58. The van der Waals surface area contributed by atoms with Crippen molar-refractivity contribution in [2.75, 3.05) is 0 Å². The summed E-state index contributed by atoms with van der Waals surface area (Å²) in [5.74, 6) is -0.203. The van der Waals surface area contributed by atoms with Crippen LogP contribution in [0.3, 0.4) is 0 Å². The van der Waals surface area contributed by atoms with Crippen molar-refractivity contribution in [1.82, 2.24) is 4.98 Å². The highest BCUT2D eigenvalue weighted by atomic mass is 32.1. The summed E-state index contributed by atoms with van der Waals surface area (Å²) >= 11 is 3.26. The van der Waals surface area contributed by atoms with E-state index in [2.05, 4.69) is 18.0 Å². The minimum atomic E-state index is -0.203. The summed E-state index contributed by atoms with van der Waals surface area (Å²) < 4.78 is 14.2. The molecule has 1 aromatic carbocycles. The molecule has 0 amide bonds. The van der Waals surface area contributed by atoms with Gasteiger partial charge in [-0.3, -0.25) is 0 Å². The summed E-state index contributed by atoms with van der Waals surface area (Å²) in [5.41, 5.74) is 7.35. The Balaban J connectivity index is 1.86. The predicted molar refractivity (Wildman–Crippen MR) is 84.0 cm³/mol. The average Bonchev–Trinajstić information content (AvgIpc) is 2.93. The van der Waals surface area contributed by atoms with Gasteiger partial charge in [0.2, 0.25) is 0 Å².